The first kappa shape index (κ1) is 13.6. The van der Waals surface area contributed by atoms with Crippen LogP contribution in [0.1, 0.15) is 21.7 Å². The predicted molar refractivity (Wildman–Crippen MR) is 73.6 cm³/mol. The maximum absolute atomic E-state index is 13.4. The molecule has 1 aromatic heterocycles. The van der Waals surface area contributed by atoms with Crippen molar-refractivity contribution in [1.29, 1.82) is 0 Å². The molecule has 1 aromatic carbocycles. The van der Waals surface area contributed by atoms with Crippen LogP contribution in [0, 0.1) is 19.7 Å². The third kappa shape index (κ3) is 3.14. The van der Waals surface area contributed by atoms with Crippen molar-refractivity contribution >= 4 is 27.5 Å². The molecule has 6 heteroatoms. The molecule has 1 N–H and O–H groups in total. The lowest BCUT2D eigenvalue weighted by atomic mass is 10.2. The number of amides is 1. The summed E-state index contributed by atoms with van der Waals surface area (Å²) >= 11 is 3.06. The van der Waals surface area contributed by atoms with Crippen LogP contribution in [-0.4, -0.2) is 16.1 Å². The van der Waals surface area contributed by atoms with E-state index in [0.717, 1.165) is 0 Å². The number of benzene rings is 1. The van der Waals surface area contributed by atoms with Crippen molar-refractivity contribution in [2.24, 2.45) is 0 Å². The van der Waals surface area contributed by atoms with E-state index in [1.54, 1.807) is 26.0 Å². The van der Waals surface area contributed by atoms with E-state index in [0.29, 0.717) is 27.1 Å². The zero-order valence-electron chi connectivity index (χ0n) is 10.4. The van der Waals surface area contributed by atoms with E-state index in [1.807, 2.05) is 0 Å². The SMILES string of the molecule is Cc1cc(C(=O)Nc2ccc(Br)c(F)c2)c(C)nn1. The van der Waals surface area contributed by atoms with E-state index < -0.39 is 5.82 Å². The van der Waals surface area contributed by atoms with Gasteiger partial charge in [0.15, 0.2) is 0 Å². The summed E-state index contributed by atoms with van der Waals surface area (Å²) in [6, 6.07) is 6.04. The number of hydrogen-bond donors (Lipinski definition) is 1. The third-order valence-corrected chi connectivity index (χ3v) is 3.17. The van der Waals surface area contributed by atoms with Gasteiger partial charge in [0.25, 0.3) is 5.91 Å². The Kier molecular flexibility index (Phi) is 3.90. The number of carbonyl (C=O) groups excluding carboxylic acids is 1. The van der Waals surface area contributed by atoms with Crippen molar-refractivity contribution in [3.05, 3.63) is 51.5 Å². The number of anilines is 1. The van der Waals surface area contributed by atoms with Gasteiger partial charge in [-0.25, -0.2) is 4.39 Å². The minimum Gasteiger partial charge on any atom is -0.322 e. The third-order valence-electron chi connectivity index (χ3n) is 2.52. The summed E-state index contributed by atoms with van der Waals surface area (Å²) in [5.41, 5.74) is 1.99. The van der Waals surface area contributed by atoms with Crippen molar-refractivity contribution in [3.63, 3.8) is 0 Å². The highest BCUT2D eigenvalue weighted by Gasteiger charge is 2.12. The molecule has 0 unspecified atom stereocenters. The minimum atomic E-state index is -0.432. The average molecular weight is 324 g/mol. The Morgan fingerprint density at radius 2 is 2.00 bits per heavy atom. The highest BCUT2D eigenvalue weighted by molar-refractivity contribution is 9.10. The van der Waals surface area contributed by atoms with Crippen LogP contribution >= 0.6 is 15.9 Å². The summed E-state index contributed by atoms with van der Waals surface area (Å²) in [6.07, 6.45) is 0. The first-order chi connectivity index (χ1) is 8.97. The molecule has 98 valence electrons. The van der Waals surface area contributed by atoms with Gasteiger partial charge in [0.2, 0.25) is 0 Å². The molecule has 0 spiro atoms. The zero-order valence-corrected chi connectivity index (χ0v) is 12.0. The summed E-state index contributed by atoms with van der Waals surface area (Å²) in [4.78, 5) is 12.1. The number of hydrogen-bond acceptors (Lipinski definition) is 3. The number of nitrogens with zero attached hydrogens (tertiary/aromatic N) is 2. The molecule has 0 aliphatic heterocycles. The largest absolute Gasteiger partial charge is 0.322 e. The Morgan fingerprint density at radius 1 is 1.26 bits per heavy atom. The first-order valence-electron chi connectivity index (χ1n) is 5.54. The number of nitrogens with one attached hydrogen (secondary N) is 1. The summed E-state index contributed by atoms with van der Waals surface area (Å²) in [7, 11) is 0. The van der Waals surface area contributed by atoms with E-state index in [-0.39, 0.29) is 5.91 Å². The van der Waals surface area contributed by atoms with Gasteiger partial charge in [0.05, 0.1) is 21.4 Å². The molecule has 0 aliphatic carbocycles. The van der Waals surface area contributed by atoms with Crippen LogP contribution in [0.15, 0.2) is 28.7 Å². The molecular weight excluding hydrogens is 313 g/mol. The van der Waals surface area contributed by atoms with Crippen molar-refractivity contribution in [3.8, 4) is 0 Å². The van der Waals surface area contributed by atoms with Gasteiger partial charge >= 0.3 is 0 Å². The summed E-state index contributed by atoms with van der Waals surface area (Å²) < 4.78 is 13.7. The zero-order chi connectivity index (χ0) is 14.0. The van der Waals surface area contributed by atoms with Crippen LogP contribution in [0.4, 0.5) is 10.1 Å². The van der Waals surface area contributed by atoms with Gasteiger partial charge in [-0.3, -0.25) is 4.79 Å². The van der Waals surface area contributed by atoms with Gasteiger partial charge in [0, 0.05) is 5.69 Å². The fourth-order valence-electron chi connectivity index (χ4n) is 1.55. The van der Waals surface area contributed by atoms with Crippen molar-refractivity contribution < 1.29 is 9.18 Å². The molecule has 2 rings (SSSR count). The second kappa shape index (κ2) is 5.44. The van der Waals surface area contributed by atoms with Gasteiger partial charge < -0.3 is 5.32 Å². The number of halogens is 2. The predicted octanol–water partition coefficient (Wildman–Crippen LogP) is 3.25. The second-order valence-electron chi connectivity index (χ2n) is 4.07. The number of rotatable bonds is 2. The molecule has 2 aromatic rings. The van der Waals surface area contributed by atoms with Crippen molar-refractivity contribution in [2.45, 2.75) is 13.8 Å². The van der Waals surface area contributed by atoms with E-state index >= 15 is 0 Å². The van der Waals surface area contributed by atoms with Crippen LogP contribution in [-0.2, 0) is 0 Å². The van der Waals surface area contributed by atoms with Gasteiger partial charge in [-0.2, -0.15) is 10.2 Å². The van der Waals surface area contributed by atoms with Gasteiger partial charge in [-0.1, -0.05) is 0 Å². The monoisotopic (exact) mass is 323 g/mol. The maximum atomic E-state index is 13.4. The molecule has 1 amide bonds. The Morgan fingerprint density at radius 3 is 2.68 bits per heavy atom. The maximum Gasteiger partial charge on any atom is 0.257 e. The van der Waals surface area contributed by atoms with Crippen LogP contribution in [0.3, 0.4) is 0 Å². The Balaban J connectivity index is 2.25. The Hall–Kier alpha value is -1.82. The van der Waals surface area contributed by atoms with E-state index in [4.69, 9.17) is 0 Å². The molecule has 0 bridgehead atoms. The van der Waals surface area contributed by atoms with Crippen LogP contribution in [0.2, 0.25) is 0 Å². The van der Waals surface area contributed by atoms with Crippen molar-refractivity contribution in [2.75, 3.05) is 5.32 Å². The lowest BCUT2D eigenvalue weighted by Crippen LogP contribution is -2.15. The van der Waals surface area contributed by atoms with E-state index in [2.05, 4.69) is 31.4 Å². The Bertz CT molecular complexity index is 646. The topological polar surface area (TPSA) is 54.9 Å². The molecule has 0 aliphatic rings. The highest BCUT2D eigenvalue weighted by Crippen LogP contribution is 2.20. The normalized spacial score (nSPS) is 10.3. The van der Waals surface area contributed by atoms with Crippen LogP contribution < -0.4 is 5.32 Å². The molecule has 0 radical (unpaired) electrons. The van der Waals surface area contributed by atoms with Crippen LogP contribution in [0.5, 0.6) is 0 Å². The molecule has 0 saturated heterocycles. The number of aryl methyl sites for hydroxylation is 2. The number of carbonyl (C=O) groups is 1. The second-order valence-corrected chi connectivity index (χ2v) is 4.92. The lowest BCUT2D eigenvalue weighted by molar-refractivity contribution is 0.102. The van der Waals surface area contributed by atoms with Gasteiger partial charge in [0.1, 0.15) is 5.82 Å². The van der Waals surface area contributed by atoms with Crippen molar-refractivity contribution in [1.82, 2.24) is 10.2 Å². The fraction of sp³-hybridized carbons (Fsp3) is 0.154. The quantitative estimate of drug-likeness (QED) is 0.923. The van der Waals surface area contributed by atoms with Crippen LogP contribution in [0.25, 0.3) is 0 Å². The summed E-state index contributed by atoms with van der Waals surface area (Å²) in [6.45, 7) is 3.45. The molecule has 1 heterocycles. The average Bonchev–Trinajstić information content (AvgIpc) is 2.36. The first-order valence-corrected chi connectivity index (χ1v) is 6.34. The molecule has 4 nitrogen and oxygen atoms in total. The van der Waals surface area contributed by atoms with Gasteiger partial charge in [-0.05, 0) is 54.0 Å². The molecule has 19 heavy (non-hydrogen) atoms. The molecule has 0 fully saturated rings. The molecular formula is C13H11BrFN3O. The molecule has 0 atom stereocenters. The summed E-state index contributed by atoms with van der Waals surface area (Å²) in [5, 5.41) is 10.4. The lowest BCUT2D eigenvalue weighted by Gasteiger charge is -2.08. The van der Waals surface area contributed by atoms with E-state index in [9.17, 15) is 9.18 Å². The highest BCUT2D eigenvalue weighted by atomic mass is 79.9. The van der Waals surface area contributed by atoms with Gasteiger partial charge in [-0.15, -0.1) is 0 Å². The smallest absolute Gasteiger partial charge is 0.257 e. The minimum absolute atomic E-state index is 0.336. The number of aromatic nitrogens is 2. The standard InChI is InChI=1S/C13H11BrFN3O/c1-7-5-10(8(2)18-17-7)13(19)16-9-3-4-11(14)12(15)6-9/h3-6H,1-2H3,(H,16,19). The fourth-order valence-corrected chi connectivity index (χ4v) is 1.80. The Labute approximate surface area is 118 Å². The summed E-state index contributed by atoms with van der Waals surface area (Å²) in [5.74, 6) is -0.768. The van der Waals surface area contributed by atoms with E-state index in [1.165, 1.54) is 12.1 Å². The molecule has 0 saturated carbocycles.